The molecule has 2 unspecified atom stereocenters. The zero-order chi connectivity index (χ0) is 28.6. The first kappa shape index (κ1) is 27.9. The molecule has 11 nitrogen and oxygen atoms in total. The highest BCUT2D eigenvalue weighted by Crippen LogP contribution is 2.46. The number of hydrogen-bond acceptors (Lipinski definition) is 10. The lowest BCUT2D eigenvalue weighted by Crippen LogP contribution is -2.62. The largest absolute Gasteiger partial charge is 0.444 e. The molecule has 0 saturated carbocycles. The number of pyridine rings is 1. The van der Waals surface area contributed by atoms with Crippen molar-refractivity contribution in [3.8, 4) is 6.01 Å². The highest BCUT2D eigenvalue weighted by molar-refractivity contribution is 6.37. The number of aliphatic hydroxyl groups is 2. The standard InChI is InChI=1S/C26H33Cl2FN6O5/c1-24(2,3)40-23(36)35-14-6-7-15(35)13-33(12-14)21-16-18(17(29)20(28)31-19(16)27)30-22(32-21)39-26(37,38)25-8-4-10-34(25)11-5-9-25/h14-15,37-38H,4-13H2,1-3H3. The van der Waals surface area contributed by atoms with Crippen molar-refractivity contribution in [2.45, 2.75) is 88.5 Å². The summed E-state index contributed by atoms with van der Waals surface area (Å²) < 4.78 is 26.7. The van der Waals surface area contributed by atoms with Crippen LogP contribution in [0.1, 0.15) is 59.3 Å². The lowest BCUT2D eigenvalue weighted by molar-refractivity contribution is -0.349. The van der Waals surface area contributed by atoms with Crippen LogP contribution in [0.3, 0.4) is 0 Å². The number of aromatic nitrogens is 3. The number of amides is 1. The zero-order valence-corrected chi connectivity index (χ0v) is 24.2. The molecule has 2 atom stereocenters. The minimum Gasteiger partial charge on any atom is -0.444 e. The molecule has 1 amide bonds. The number of anilines is 1. The monoisotopic (exact) mass is 598 g/mol. The summed E-state index contributed by atoms with van der Waals surface area (Å²) >= 11 is 12.5. The van der Waals surface area contributed by atoms with Gasteiger partial charge in [-0.25, -0.2) is 14.2 Å². The number of halogens is 3. The van der Waals surface area contributed by atoms with Gasteiger partial charge in [-0.2, -0.15) is 9.97 Å². The molecule has 4 aliphatic heterocycles. The van der Waals surface area contributed by atoms with Gasteiger partial charge in [0.2, 0.25) is 0 Å². The fourth-order valence-electron chi connectivity index (χ4n) is 6.89. The summed E-state index contributed by atoms with van der Waals surface area (Å²) in [6.45, 7) is 7.66. The average molecular weight is 599 g/mol. The third-order valence-electron chi connectivity index (χ3n) is 8.53. The van der Waals surface area contributed by atoms with Crippen LogP contribution in [0.2, 0.25) is 10.3 Å². The van der Waals surface area contributed by atoms with E-state index < -0.39 is 34.1 Å². The van der Waals surface area contributed by atoms with Gasteiger partial charge in [-0.3, -0.25) is 9.80 Å². The van der Waals surface area contributed by atoms with Crippen LogP contribution in [0, 0.1) is 5.82 Å². The number of piperazine rings is 1. The highest BCUT2D eigenvalue weighted by Gasteiger charge is 2.60. The molecule has 0 aromatic carbocycles. The quantitative estimate of drug-likeness (QED) is 0.397. The SMILES string of the molecule is CC(C)(C)OC(=O)N1C2CCC1CN(c1nc(OC(O)(O)C34CCCN3CCC4)nc3c(F)c(Cl)nc(Cl)c13)C2. The van der Waals surface area contributed by atoms with Gasteiger partial charge >= 0.3 is 18.1 Å². The predicted octanol–water partition coefficient (Wildman–Crippen LogP) is 3.70. The fourth-order valence-corrected chi connectivity index (χ4v) is 7.37. The lowest BCUT2D eigenvalue weighted by atomic mass is 9.91. The van der Waals surface area contributed by atoms with Gasteiger partial charge in [-0.1, -0.05) is 23.2 Å². The molecule has 2 aromatic rings. The van der Waals surface area contributed by atoms with Crippen molar-refractivity contribution < 1.29 is 28.9 Å². The maximum absolute atomic E-state index is 15.3. The zero-order valence-electron chi connectivity index (χ0n) is 22.7. The minimum atomic E-state index is -2.61. The second kappa shape index (κ2) is 9.65. The van der Waals surface area contributed by atoms with Crippen LogP contribution >= 0.6 is 23.2 Å². The van der Waals surface area contributed by atoms with Crippen molar-refractivity contribution in [2.24, 2.45) is 0 Å². The van der Waals surface area contributed by atoms with Crippen LogP contribution in [-0.2, 0) is 4.74 Å². The van der Waals surface area contributed by atoms with Gasteiger partial charge < -0.3 is 24.6 Å². The number of ether oxygens (including phenoxy) is 2. The van der Waals surface area contributed by atoms with Crippen molar-refractivity contribution in [1.29, 1.82) is 0 Å². The number of carbonyl (C=O) groups excluding carboxylic acids is 1. The van der Waals surface area contributed by atoms with Crippen molar-refractivity contribution in [1.82, 2.24) is 24.8 Å². The van der Waals surface area contributed by atoms with E-state index in [9.17, 15) is 15.0 Å². The number of fused-ring (bicyclic) bond motifs is 4. The van der Waals surface area contributed by atoms with Crippen molar-refractivity contribution in [3.05, 3.63) is 16.1 Å². The summed E-state index contributed by atoms with van der Waals surface area (Å²) in [6, 6.07) is -0.767. The van der Waals surface area contributed by atoms with E-state index in [0.29, 0.717) is 25.9 Å². The van der Waals surface area contributed by atoms with Gasteiger partial charge in [-0.05, 0) is 72.4 Å². The summed E-state index contributed by atoms with van der Waals surface area (Å²) in [5, 5.41) is 22.0. The molecule has 6 heterocycles. The molecule has 40 heavy (non-hydrogen) atoms. The summed E-state index contributed by atoms with van der Waals surface area (Å²) in [4.78, 5) is 31.3. The maximum atomic E-state index is 15.3. The van der Waals surface area contributed by atoms with E-state index in [4.69, 9.17) is 32.7 Å². The smallest absolute Gasteiger partial charge is 0.410 e. The molecule has 4 aliphatic rings. The normalized spacial score (nSPS) is 24.6. The third kappa shape index (κ3) is 4.52. The Labute approximate surface area is 241 Å². The molecule has 4 fully saturated rings. The van der Waals surface area contributed by atoms with E-state index in [-0.39, 0.29) is 40.1 Å². The highest BCUT2D eigenvalue weighted by atomic mass is 35.5. The van der Waals surface area contributed by atoms with Crippen LogP contribution in [-0.4, -0.2) is 96.4 Å². The van der Waals surface area contributed by atoms with Crippen LogP contribution < -0.4 is 9.64 Å². The van der Waals surface area contributed by atoms with Crippen LogP contribution in [0.25, 0.3) is 10.9 Å². The maximum Gasteiger partial charge on any atom is 0.410 e. The van der Waals surface area contributed by atoms with Gasteiger partial charge in [0.1, 0.15) is 27.6 Å². The molecule has 218 valence electrons. The lowest BCUT2D eigenvalue weighted by Gasteiger charge is -2.42. The Kier molecular flexibility index (Phi) is 6.73. The Balaban J connectivity index is 1.38. The predicted molar refractivity (Wildman–Crippen MR) is 145 cm³/mol. The molecule has 0 aliphatic carbocycles. The molecule has 0 spiro atoms. The van der Waals surface area contributed by atoms with E-state index in [1.165, 1.54) is 0 Å². The second-order valence-electron chi connectivity index (χ2n) is 12.2. The van der Waals surface area contributed by atoms with Crippen molar-refractivity contribution in [2.75, 3.05) is 31.1 Å². The molecular formula is C26H33Cl2FN6O5. The van der Waals surface area contributed by atoms with E-state index in [2.05, 4.69) is 15.0 Å². The Morgan fingerprint density at radius 1 is 1.02 bits per heavy atom. The Morgan fingerprint density at radius 3 is 2.25 bits per heavy atom. The van der Waals surface area contributed by atoms with Gasteiger partial charge in [0.25, 0.3) is 0 Å². The molecule has 6 rings (SSSR count). The number of hydrogen-bond donors (Lipinski definition) is 2. The van der Waals surface area contributed by atoms with E-state index >= 15 is 4.39 Å². The fraction of sp³-hybridized carbons (Fsp3) is 0.692. The average Bonchev–Trinajstić information content (AvgIpc) is 3.53. The summed E-state index contributed by atoms with van der Waals surface area (Å²) in [6.07, 6.45) is 3.80. The molecule has 2 N–H and O–H groups in total. The molecule has 2 aromatic heterocycles. The molecular weight excluding hydrogens is 566 g/mol. The van der Waals surface area contributed by atoms with Gasteiger partial charge in [0.15, 0.2) is 11.0 Å². The number of rotatable bonds is 4. The Hall–Kier alpha value is -2.25. The van der Waals surface area contributed by atoms with Gasteiger partial charge in [-0.15, -0.1) is 0 Å². The van der Waals surface area contributed by atoms with E-state index in [1.807, 2.05) is 30.6 Å². The van der Waals surface area contributed by atoms with E-state index in [1.54, 1.807) is 4.90 Å². The third-order valence-corrected chi connectivity index (χ3v) is 9.05. The second-order valence-corrected chi connectivity index (χ2v) is 12.9. The molecule has 4 saturated heterocycles. The van der Waals surface area contributed by atoms with Crippen molar-refractivity contribution in [3.63, 3.8) is 0 Å². The first-order chi connectivity index (χ1) is 18.8. The first-order valence-corrected chi connectivity index (χ1v) is 14.4. The number of carbonyl (C=O) groups is 1. The number of nitrogens with zero attached hydrogens (tertiary/aromatic N) is 6. The van der Waals surface area contributed by atoms with Crippen LogP contribution in [0.15, 0.2) is 0 Å². The van der Waals surface area contributed by atoms with E-state index in [0.717, 1.165) is 38.8 Å². The Bertz CT molecular complexity index is 1330. The topological polar surface area (TPSA) is 124 Å². The molecule has 14 heteroatoms. The summed E-state index contributed by atoms with van der Waals surface area (Å²) in [7, 11) is 0. The first-order valence-electron chi connectivity index (χ1n) is 13.7. The van der Waals surface area contributed by atoms with Gasteiger partial charge in [0, 0.05) is 13.1 Å². The molecule has 2 bridgehead atoms. The molecule has 0 radical (unpaired) electrons. The Morgan fingerprint density at radius 2 is 1.65 bits per heavy atom. The van der Waals surface area contributed by atoms with Gasteiger partial charge in [0.05, 0.1) is 17.5 Å². The van der Waals surface area contributed by atoms with Crippen LogP contribution in [0.4, 0.5) is 15.0 Å². The summed E-state index contributed by atoms with van der Waals surface area (Å²) in [5.41, 5.74) is -1.88. The van der Waals surface area contributed by atoms with Crippen LogP contribution in [0.5, 0.6) is 6.01 Å². The summed E-state index contributed by atoms with van der Waals surface area (Å²) in [5.74, 6) is -3.32. The minimum absolute atomic E-state index is 0.0968. The van der Waals surface area contributed by atoms with Crippen molar-refractivity contribution >= 4 is 46.0 Å².